The maximum Gasteiger partial charge on any atom is 0.416 e. The van der Waals surface area contributed by atoms with E-state index in [0.717, 1.165) is 24.3 Å². The van der Waals surface area contributed by atoms with Gasteiger partial charge in [0.2, 0.25) is 0 Å². The van der Waals surface area contributed by atoms with Gasteiger partial charge in [-0.15, -0.1) is 0 Å². The van der Waals surface area contributed by atoms with E-state index in [1.54, 1.807) is 20.8 Å². The van der Waals surface area contributed by atoms with Gasteiger partial charge in [-0.2, -0.15) is 13.2 Å². The maximum absolute atomic E-state index is 12.7. The number of carbonyl (C=O) groups excluding carboxylic acids is 1. The molecule has 0 N–H and O–H groups in total. The number of ether oxygens (including phenoxy) is 3. The van der Waals surface area contributed by atoms with Gasteiger partial charge in [-0.1, -0.05) is 11.6 Å². The highest BCUT2D eigenvalue weighted by Gasteiger charge is 2.31. The molecule has 0 aliphatic carbocycles. The summed E-state index contributed by atoms with van der Waals surface area (Å²) in [5.41, 5.74) is -2.53. The molecule has 2 rings (SSSR count). The minimum absolute atomic E-state index is 0.0639. The second-order valence-electron chi connectivity index (χ2n) is 6.99. The molecule has 0 spiro atoms. The molecular formula is C19H17ClF3NO6. The molecule has 0 unspecified atom stereocenters. The number of rotatable bonds is 6. The molecular weight excluding hydrogens is 431 g/mol. The smallest absolute Gasteiger partial charge is 0.416 e. The van der Waals surface area contributed by atoms with E-state index in [9.17, 15) is 28.1 Å². The van der Waals surface area contributed by atoms with Crippen LogP contribution in [0.5, 0.6) is 11.5 Å². The molecule has 0 amide bonds. The second-order valence-corrected chi connectivity index (χ2v) is 7.39. The zero-order valence-electron chi connectivity index (χ0n) is 16.1. The minimum Gasteiger partial charge on any atom is -0.456 e. The predicted molar refractivity (Wildman–Crippen MR) is 101 cm³/mol. The molecule has 0 fully saturated rings. The van der Waals surface area contributed by atoms with Crippen molar-refractivity contribution < 1.29 is 37.1 Å². The molecule has 0 saturated heterocycles. The zero-order chi connectivity index (χ0) is 22.7. The third-order valence-electron chi connectivity index (χ3n) is 3.55. The predicted octanol–water partition coefficient (Wildman–Crippen LogP) is 5.99. The van der Waals surface area contributed by atoms with Crippen molar-refractivity contribution >= 4 is 23.3 Å². The maximum atomic E-state index is 12.7. The summed E-state index contributed by atoms with van der Waals surface area (Å²) in [7, 11) is 0. The summed E-state index contributed by atoms with van der Waals surface area (Å²) in [5, 5.41) is 10.9. The van der Waals surface area contributed by atoms with Crippen LogP contribution in [-0.2, 0) is 15.7 Å². The van der Waals surface area contributed by atoms with Crippen LogP contribution in [0.25, 0.3) is 0 Å². The molecule has 0 bridgehead atoms. The summed E-state index contributed by atoms with van der Waals surface area (Å²) >= 11 is 5.84. The fourth-order valence-corrected chi connectivity index (χ4v) is 2.34. The lowest BCUT2D eigenvalue weighted by Crippen LogP contribution is -2.22. The van der Waals surface area contributed by atoms with Gasteiger partial charge in [0.15, 0.2) is 6.79 Å². The molecule has 0 saturated carbocycles. The second kappa shape index (κ2) is 8.88. The Balaban J connectivity index is 2.27. The van der Waals surface area contributed by atoms with Gasteiger partial charge in [0.1, 0.15) is 17.1 Å². The lowest BCUT2D eigenvalue weighted by Gasteiger charge is -2.19. The summed E-state index contributed by atoms with van der Waals surface area (Å²) in [6.45, 7) is 4.75. The Morgan fingerprint density at radius 3 is 2.33 bits per heavy atom. The Bertz CT molecular complexity index is 956. The quantitative estimate of drug-likeness (QED) is 0.234. The van der Waals surface area contributed by atoms with Gasteiger partial charge >= 0.3 is 12.1 Å². The van der Waals surface area contributed by atoms with E-state index in [1.165, 1.54) is 6.07 Å². The monoisotopic (exact) mass is 447 g/mol. The number of nitro benzene ring substituents is 1. The minimum atomic E-state index is -4.58. The highest BCUT2D eigenvalue weighted by molar-refractivity contribution is 6.32. The number of esters is 1. The molecule has 0 aliphatic rings. The highest BCUT2D eigenvalue weighted by Crippen LogP contribution is 2.37. The molecule has 0 radical (unpaired) electrons. The van der Waals surface area contributed by atoms with Gasteiger partial charge in [-0.3, -0.25) is 10.1 Å². The Morgan fingerprint density at radius 1 is 1.13 bits per heavy atom. The van der Waals surface area contributed by atoms with Crippen LogP contribution in [0, 0.1) is 10.1 Å². The van der Waals surface area contributed by atoms with Crippen molar-refractivity contribution in [2.24, 2.45) is 0 Å². The van der Waals surface area contributed by atoms with Crippen molar-refractivity contribution in [2.75, 3.05) is 6.79 Å². The lowest BCUT2D eigenvalue weighted by atomic mass is 10.1. The number of hydrogen-bond acceptors (Lipinski definition) is 6. The van der Waals surface area contributed by atoms with Crippen molar-refractivity contribution in [3.05, 3.63) is 62.7 Å². The first-order chi connectivity index (χ1) is 13.8. The van der Waals surface area contributed by atoms with E-state index in [2.05, 4.69) is 0 Å². The van der Waals surface area contributed by atoms with Gasteiger partial charge in [0.05, 0.1) is 21.1 Å². The third kappa shape index (κ3) is 6.33. The van der Waals surface area contributed by atoms with E-state index >= 15 is 0 Å². The van der Waals surface area contributed by atoms with Crippen molar-refractivity contribution in [3.63, 3.8) is 0 Å². The van der Waals surface area contributed by atoms with Gasteiger partial charge in [-0.05, 0) is 45.0 Å². The van der Waals surface area contributed by atoms with E-state index in [-0.39, 0.29) is 16.5 Å². The summed E-state index contributed by atoms with van der Waals surface area (Å²) in [6, 6.07) is 5.67. The fraction of sp³-hybridized carbons (Fsp3) is 0.316. The van der Waals surface area contributed by atoms with Crippen molar-refractivity contribution in [1.82, 2.24) is 0 Å². The summed E-state index contributed by atoms with van der Waals surface area (Å²) in [6.07, 6.45) is -4.58. The summed E-state index contributed by atoms with van der Waals surface area (Å²) < 4.78 is 53.8. The van der Waals surface area contributed by atoms with E-state index < -0.39 is 46.3 Å². The molecule has 7 nitrogen and oxygen atoms in total. The van der Waals surface area contributed by atoms with E-state index in [4.69, 9.17) is 25.8 Å². The molecule has 2 aromatic rings. The van der Waals surface area contributed by atoms with Crippen LogP contribution in [0.3, 0.4) is 0 Å². The van der Waals surface area contributed by atoms with Crippen molar-refractivity contribution in [3.8, 4) is 11.5 Å². The van der Waals surface area contributed by atoms with Crippen LogP contribution < -0.4 is 4.74 Å². The first-order valence-corrected chi connectivity index (χ1v) is 8.80. The lowest BCUT2D eigenvalue weighted by molar-refractivity contribution is -0.385. The first kappa shape index (κ1) is 23.4. The van der Waals surface area contributed by atoms with E-state index in [1.807, 2.05) is 0 Å². The number of hydrogen-bond donors (Lipinski definition) is 0. The van der Waals surface area contributed by atoms with Gasteiger partial charge < -0.3 is 14.2 Å². The molecule has 11 heteroatoms. The number of nitrogens with zero attached hydrogens (tertiary/aromatic N) is 1. The molecule has 0 heterocycles. The molecule has 0 atom stereocenters. The average Bonchev–Trinajstić information content (AvgIpc) is 2.61. The van der Waals surface area contributed by atoms with Crippen LogP contribution in [0.4, 0.5) is 18.9 Å². The van der Waals surface area contributed by atoms with Crippen LogP contribution in [0.2, 0.25) is 5.02 Å². The van der Waals surface area contributed by atoms with Crippen LogP contribution in [0.15, 0.2) is 36.4 Å². The van der Waals surface area contributed by atoms with Gasteiger partial charge in [-0.25, -0.2) is 4.79 Å². The van der Waals surface area contributed by atoms with Crippen LogP contribution in [-0.4, -0.2) is 23.3 Å². The van der Waals surface area contributed by atoms with Crippen LogP contribution >= 0.6 is 11.6 Å². The van der Waals surface area contributed by atoms with Crippen molar-refractivity contribution in [1.29, 1.82) is 0 Å². The van der Waals surface area contributed by atoms with Gasteiger partial charge in [0, 0.05) is 12.1 Å². The number of alkyl halides is 3. The van der Waals surface area contributed by atoms with Crippen LogP contribution in [0.1, 0.15) is 36.7 Å². The first-order valence-electron chi connectivity index (χ1n) is 8.42. The summed E-state index contributed by atoms with van der Waals surface area (Å²) in [5.74, 6) is -1.23. The standard InChI is InChI=1S/C19H17ClF3NO6/c1-18(2,3)29-10-28-17(25)13-9-12(5-6-15(13)24(26)27)30-16-7-4-11(8-14(16)20)19(21,22)23/h4-9H,10H2,1-3H3. The average molecular weight is 448 g/mol. The largest absolute Gasteiger partial charge is 0.456 e. The fourth-order valence-electron chi connectivity index (χ4n) is 2.13. The normalized spacial score (nSPS) is 11.8. The zero-order valence-corrected chi connectivity index (χ0v) is 16.8. The SMILES string of the molecule is CC(C)(C)OCOC(=O)c1cc(Oc2ccc(C(F)(F)F)cc2Cl)ccc1[N+](=O)[O-]. The third-order valence-corrected chi connectivity index (χ3v) is 3.85. The Morgan fingerprint density at radius 2 is 1.80 bits per heavy atom. The number of carbonyl (C=O) groups is 1. The molecule has 162 valence electrons. The number of halogens is 4. The van der Waals surface area contributed by atoms with E-state index in [0.29, 0.717) is 6.07 Å². The Hall–Kier alpha value is -2.85. The molecule has 0 aliphatic heterocycles. The summed E-state index contributed by atoms with van der Waals surface area (Å²) in [4.78, 5) is 22.7. The number of benzene rings is 2. The highest BCUT2D eigenvalue weighted by atomic mass is 35.5. The van der Waals surface area contributed by atoms with Gasteiger partial charge in [0.25, 0.3) is 5.69 Å². The molecule has 30 heavy (non-hydrogen) atoms. The Kier molecular flexibility index (Phi) is 6.94. The molecule has 0 aromatic heterocycles. The topological polar surface area (TPSA) is 87.9 Å². The molecule has 2 aromatic carbocycles. The number of nitro groups is 1. The van der Waals surface area contributed by atoms with Crippen molar-refractivity contribution in [2.45, 2.75) is 32.5 Å². The Labute approximate surface area is 174 Å².